The van der Waals surface area contributed by atoms with E-state index in [4.69, 9.17) is 4.42 Å². The molecule has 7 nitrogen and oxygen atoms in total. The molecular weight excluding hydrogens is 236 g/mol. The number of aryl methyl sites for hydroxylation is 1. The smallest absolute Gasteiger partial charge is 0.287 e. The fourth-order valence-corrected chi connectivity index (χ4v) is 1.31. The van der Waals surface area contributed by atoms with Gasteiger partial charge >= 0.3 is 0 Å². The molecule has 0 aliphatic carbocycles. The Morgan fingerprint density at radius 3 is 2.94 bits per heavy atom. The first-order valence-electron chi connectivity index (χ1n) is 5.28. The molecule has 0 unspecified atom stereocenters. The summed E-state index contributed by atoms with van der Waals surface area (Å²) in [7, 11) is 0. The van der Waals surface area contributed by atoms with E-state index in [1.54, 1.807) is 19.2 Å². The molecular formula is C11H12N4O3. The van der Waals surface area contributed by atoms with E-state index in [0.29, 0.717) is 5.82 Å². The van der Waals surface area contributed by atoms with Crippen molar-refractivity contribution in [2.45, 2.75) is 6.92 Å². The van der Waals surface area contributed by atoms with Gasteiger partial charge in [-0.1, -0.05) is 0 Å². The summed E-state index contributed by atoms with van der Waals surface area (Å²) in [6, 6.07) is 3.12. The van der Waals surface area contributed by atoms with Crippen molar-refractivity contribution in [1.29, 1.82) is 0 Å². The van der Waals surface area contributed by atoms with Crippen molar-refractivity contribution in [3.63, 3.8) is 0 Å². The number of nitrogens with one attached hydrogen (secondary N) is 3. The standard InChI is InChI=1S/C11H12N4O3/c1-7-5-13-15-10(7)14-9(16)6-12-11(17)8-3-2-4-18-8/h2-5H,6H2,1H3,(H,12,17)(H2,13,14,15,16). The zero-order valence-electron chi connectivity index (χ0n) is 9.69. The number of hydrogen-bond acceptors (Lipinski definition) is 4. The Hall–Kier alpha value is -2.57. The third kappa shape index (κ3) is 2.76. The molecule has 2 rings (SSSR count). The average Bonchev–Trinajstić information content (AvgIpc) is 2.99. The van der Waals surface area contributed by atoms with Gasteiger partial charge in [0.25, 0.3) is 5.91 Å². The minimum atomic E-state index is -0.434. The van der Waals surface area contributed by atoms with Crippen LogP contribution in [0.25, 0.3) is 0 Å². The van der Waals surface area contributed by atoms with E-state index in [2.05, 4.69) is 20.8 Å². The second-order valence-corrected chi connectivity index (χ2v) is 3.64. The third-order valence-electron chi connectivity index (χ3n) is 2.25. The van der Waals surface area contributed by atoms with Gasteiger partial charge < -0.3 is 15.1 Å². The molecule has 0 aliphatic rings. The number of aromatic nitrogens is 2. The van der Waals surface area contributed by atoms with Crippen LogP contribution in [0.1, 0.15) is 16.1 Å². The predicted molar refractivity (Wildman–Crippen MR) is 63.0 cm³/mol. The highest BCUT2D eigenvalue weighted by Gasteiger charge is 2.11. The molecule has 94 valence electrons. The van der Waals surface area contributed by atoms with Gasteiger partial charge in [-0.3, -0.25) is 14.7 Å². The summed E-state index contributed by atoms with van der Waals surface area (Å²) in [5.74, 6) is -0.0912. The Labute approximate surface area is 103 Å². The van der Waals surface area contributed by atoms with Crippen molar-refractivity contribution in [2.24, 2.45) is 0 Å². The molecule has 0 radical (unpaired) electrons. The first-order chi connectivity index (χ1) is 8.66. The van der Waals surface area contributed by atoms with Crippen LogP contribution in [0.15, 0.2) is 29.0 Å². The lowest BCUT2D eigenvalue weighted by Crippen LogP contribution is -2.32. The number of hydrogen-bond donors (Lipinski definition) is 3. The predicted octanol–water partition coefficient (Wildman–Crippen LogP) is 0.680. The number of rotatable bonds is 4. The molecule has 0 aliphatic heterocycles. The topological polar surface area (TPSA) is 100 Å². The van der Waals surface area contributed by atoms with Crippen molar-refractivity contribution < 1.29 is 14.0 Å². The number of carbonyl (C=O) groups is 2. The average molecular weight is 248 g/mol. The summed E-state index contributed by atoms with van der Waals surface area (Å²) < 4.78 is 4.89. The largest absolute Gasteiger partial charge is 0.459 e. The number of anilines is 1. The van der Waals surface area contributed by atoms with Crippen LogP contribution in [-0.4, -0.2) is 28.6 Å². The van der Waals surface area contributed by atoms with Gasteiger partial charge in [0.2, 0.25) is 5.91 Å². The molecule has 0 fully saturated rings. The zero-order chi connectivity index (χ0) is 13.0. The Bertz CT molecular complexity index is 544. The van der Waals surface area contributed by atoms with Gasteiger partial charge in [0.1, 0.15) is 5.82 Å². The highest BCUT2D eigenvalue weighted by molar-refractivity contribution is 5.97. The van der Waals surface area contributed by atoms with Gasteiger partial charge in [-0.05, 0) is 19.1 Å². The van der Waals surface area contributed by atoms with Crippen LogP contribution in [0.3, 0.4) is 0 Å². The monoisotopic (exact) mass is 248 g/mol. The van der Waals surface area contributed by atoms with Gasteiger partial charge in [-0.25, -0.2) is 0 Å². The van der Waals surface area contributed by atoms with Crippen LogP contribution in [-0.2, 0) is 4.79 Å². The minimum absolute atomic E-state index is 0.141. The normalized spacial score (nSPS) is 10.1. The van der Waals surface area contributed by atoms with E-state index in [9.17, 15) is 9.59 Å². The van der Waals surface area contributed by atoms with E-state index in [1.165, 1.54) is 12.3 Å². The molecule has 2 heterocycles. The Morgan fingerprint density at radius 2 is 2.33 bits per heavy atom. The third-order valence-corrected chi connectivity index (χ3v) is 2.25. The lowest BCUT2D eigenvalue weighted by Gasteiger charge is -2.04. The zero-order valence-corrected chi connectivity index (χ0v) is 9.69. The lowest BCUT2D eigenvalue weighted by molar-refractivity contribution is -0.115. The van der Waals surface area contributed by atoms with E-state index < -0.39 is 5.91 Å². The summed E-state index contributed by atoms with van der Waals surface area (Å²) in [5, 5.41) is 11.4. The minimum Gasteiger partial charge on any atom is -0.459 e. The van der Waals surface area contributed by atoms with Crippen LogP contribution in [0.2, 0.25) is 0 Å². The summed E-state index contributed by atoms with van der Waals surface area (Å²) >= 11 is 0. The van der Waals surface area contributed by atoms with Gasteiger partial charge in [-0.2, -0.15) is 5.10 Å². The Morgan fingerprint density at radius 1 is 1.50 bits per heavy atom. The van der Waals surface area contributed by atoms with Crippen molar-refractivity contribution in [1.82, 2.24) is 15.5 Å². The molecule has 18 heavy (non-hydrogen) atoms. The highest BCUT2D eigenvalue weighted by Crippen LogP contribution is 2.07. The fourth-order valence-electron chi connectivity index (χ4n) is 1.31. The van der Waals surface area contributed by atoms with Crippen LogP contribution in [0.4, 0.5) is 5.82 Å². The molecule has 2 aromatic rings. The molecule has 2 amide bonds. The maximum atomic E-state index is 11.5. The Balaban J connectivity index is 1.82. The number of amides is 2. The molecule has 0 aromatic carbocycles. The summed E-state index contributed by atoms with van der Waals surface area (Å²) in [6.07, 6.45) is 2.99. The molecule has 3 N–H and O–H groups in total. The quantitative estimate of drug-likeness (QED) is 0.740. The first-order valence-corrected chi connectivity index (χ1v) is 5.28. The van der Waals surface area contributed by atoms with Crippen LogP contribution < -0.4 is 10.6 Å². The molecule has 0 spiro atoms. The van der Waals surface area contributed by atoms with Crippen LogP contribution >= 0.6 is 0 Å². The molecule has 0 bridgehead atoms. The van der Waals surface area contributed by atoms with E-state index in [1.807, 2.05) is 0 Å². The van der Waals surface area contributed by atoms with Crippen molar-refractivity contribution in [3.8, 4) is 0 Å². The summed E-state index contributed by atoms with van der Waals surface area (Å²) in [6.45, 7) is 1.67. The summed E-state index contributed by atoms with van der Waals surface area (Å²) in [4.78, 5) is 23.0. The number of aromatic amines is 1. The lowest BCUT2D eigenvalue weighted by atomic mass is 10.3. The van der Waals surface area contributed by atoms with Gasteiger partial charge in [-0.15, -0.1) is 0 Å². The second kappa shape index (κ2) is 5.17. The van der Waals surface area contributed by atoms with Crippen molar-refractivity contribution >= 4 is 17.6 Å². The number of carbonyl (C=O) groups excluding carboxylic acids is 2. The van der Waals surface area contributed by atoms with Gasteiger partial charge in [0.05, 0.1) is 19.0 Å². The molecule has 0 saturated heterocycles. The summed E-state index contributed by atoms with van der Waals surface area (Å²) in [5.41, 5.74) is 0.820. The van der Waals surface area contributed by atoms with E-state index >= 15 is 0 Å². The van der Waals surface area contributed by atoms with Gasteiger partial charge in [0, 0.05) is 5.56 Å². The molecule has 7 heteroatoms. The maximum Gasteiger partial charge on any atom is 0.287 e. The second-order valence-electron chi connectivity index (χ2n) is 3.64. The number of nitrogens with zero attached hydrogens (tertiary/aromatic N) is 1. The number of furan rings is 1. The first kappa shape index (κ1) is 11.9. The molecule has 0 saturated carbocycles. The molecule has 2 aromatic heterocycles. The van der Waals surface area contributed by atoms with Crippen molar-refractivity contribution in [3.05, 3.63) is 35.9 Å². The van der Waals surface area contributed by atoms with E-state index in [-0.39, 0.29) is 18.2 Å². The van der Waals surface area contributed by atoms with Gasteiger partial charge in [0.15, 0.2) is 5.76 Å². The maximum absolute atomic E-state index is 11.5. The SMILES string of the molecule is Cc1cn[nH]c1NC(=O)CNC(=O)c1ccco1. The van der Waals surface area contributed by atoms with E-state index in [0.717, 1.165) is 5.56 Å². The highest BCUT2D eigenvalue weighted by atomic mass is 16.3. The van der Waals surface area contributed by atoms with Crippen LogP contribution in [0.5, 0.6) is 0 Å². The molecule has 0 atom stereocenters. The van der Waals surface area contributed by atoms with Crippen molar-refractivity contribution in [2.75, 3.05) is 11.9 Å². The Kier molecular flexibility index (Phi) is 3.42. The fraction of sp³-hybridized carbons (Fsp3) is 0.182. The number of H-pyrrole nitrogens is 1. The van der Waals surface area contributed by atoms with Crippen LogP contribution in [0, 0.1) is 6.92 Å².